The van der Waals surface area contributed by atoms with Gasteiger partial charge in [-0.25, -0.2) is 0 Å². The number of ether oxygens (including phenoxy) is 1. The Morgan fingerprint density at radius 3 is 0.929 bits per heavy atom. The van der Waals surface area contributed by atoms with Crippen molar-refractivity contribution in [2.24, 2.45) is 0 Å². The summed E-state index contributed by atoms with van der Waals surface area (Å²) in [6.45, 7) is 0. The van der Waals surface area contributed by atoms with E-state index in [9.17, 15) is 0 Å². The van der Waals surface area contributed by atoms with Crippen LogP contribution in [-0.2, 0) is 0 Å². The highest BCUT2D eigenvalue weighted by molar-refractivity contribution is 6.01. The molecule has 56 heavy (non-hydrogen) atoms. The average molecular weight is 716 g/mol. The Bertz CT molecular complexity index is 2590. The highest BCUT2D eigenvalue weighted by Gasteiger charge is 2.30. The van der Waals surface area contributed by atoms with Crippen molar-refractivity contribution in [3.8, 4) is 78.3 Å². The van der Waals surface area contributed by atoms with Crippen molar-refractivity contribution in [1.82, 2.24) is 0 Å². The van der Waals surface area contributed by atoms with E-state index in [0.29, 0.717) is 0 Å². The largest absolute Gasteiger partial charge is 0.453 e. The van der Waals surface area contributed by atoms with Crippen molar-refractivity contribution >= 4 is 17.1 Å². The van der Waals surface area contributed by atoms with Gasteiger partial charge < -0.3 is 9.64 Å². The molecule has 0 fully saturated rings. The van der Waals surface area contributed by atoms with Gasteiger partial charge in [0.25, 0.3) is 0 Å². The highest BCUT2D eigenvalue weighted by atomic mass is 16.5. The Morgan fingerprint density at radius 2 is 0.554 bits per heavy atom. The van der Waals surface area contributed by atoms with Gasteiger partial charge in [-0.2, -0.15) is 0 Å². The van der Waals surface area contributed by atoms with E-state index in [1.807, 2.05) is 0 Å². The summed E-state index contributed by atoms with van der Waals surface area (Å²) in [5.74, 6) is 1.61. The molecule has 0 atom stereocenters. The van der Waals surface area contributed by atoms with E-state index in [0.717, 1.165) is 73.1 Å². The van der Waals surface area contributed by atoms with Gasteiger partial charge in [0.15, 0.2) is 11.5 Å². The van der Waals surface area contributed by atoms with Crippen LogP contribution < -0.4 is 9.64 Å². The maximum absolute atomic E-state index is 6.99. The summed E-state index contributed by atoms with van der Waals surface area (Å²) in [7, 11) is 0. The van der Waals surface area contributed by atoms with Crippen LogP contribution in [0.1, 0.15) is 0 Å². The third kappa shape index (κ3) is 6.24. The maximum atomic E-state index is 6.99. The van der Waals surface area contributed by atoms with Crippen LogP contribution in [0.3, 0.4) is 0 Å². The number of benzene rings is 9. The first kappa shape index (κ1) is 33.2. The molecule has 0 aliphatic carbocycles. The molecule has 2 nitrogen and oxygen atoms in total. The zero-order chi connectivity index (χ0) is 37.3. The fourth-order valence-electron chi connectivity index (χ4n) is 7.87. The van der Waals surface area contributed by atoms with E-state index in [1.54, 1.807) is 0 Å². The zero-order valence-corrected chi connectivity index (χ0v) is 30.7. The van der Waals surface area contributed by atoms with Gasteiger partial charge in [-0.3, -0.25) is 0 Å². The topological polar surface area (TPSA) is 12.5 Å². The summed E-state index contributed by atoms with van der Waals surface area (Å²) in [6.07, 6.45) is 0. The number of hydrogen-bond acceptors (Lipinski definition) is 2. The van der Waals surface area contributed by atoms with Crippen molar-refractivity contribution in [1.29, 1.82) is 0 Å². The van der Waals surface area contributed by atoms with E-state index < -0.39 is 0 Å². The molecular weight excluding hydrogens is 679 g/mol. The lowest BCUT2D eigenvalue weighted by Crippen LogP contribution is -2.17. The van der Waals surface area contributed by atoms with Gasteiger partial charge in [0.1, 0.15) is 0 Å². The second-order valence-corrected chi connectivity index (χ2v) is 14.1. The molecule has 10 rings (SSSR count). The van der Waals surface area contributed by atoms with Gasteiger partial charge in [-0.05, 0) is 79.9 Å². The van der Waals surface area contributed by atoms with Crippen molar-refractivity contribution in [3.63, 3.8) is 0 Å². The molecule has 1 aliphatic rings. The van der Waals surface area contributed by atoms with E-state index >= 15 is 0 Å². The Hall–Kier alpha value is -7.42. The minimum Gasteiger partial charge on any atom is -0.453 e. The van der Waals surface area contributed by atoms with Crippen LogP contribution in [0.5, 0.6) is 11.5 Å². The predicted octanol–water partition coefficient (Wildman–Crippen LogP) is 15.3. The van der Waals surface area contributed by atoms with Crippen LogP contribution in [0, 0.1) is 0 Å². The first-order valence-electron chi connectivity index (χ1n) is 19.1. The smallest absolute Gasteiger partial charge is 0.152 e. The van der Waals surface area contributed by atoms with E-state index in [-0.39, 0.29) is 0 Å². The molecule has 0 bridgehead atoms. The Balaban J connectivity index is 1.14. The van der Waals surface area contributed by atoms with Gasteiger partial charge in [0, 0.05) is 11.1 Å². The molecule has 0 N–H and O–H groups in total. The summed E-state index contributed by atoms with van der Waals surface area (Å²) in [6, 6.07) is 79.9. The van der Waals surface area contributed by atoms with Gasteiger partial charge in [0.05, 0.1) is 17.1 Å². The molecule has 9 aromatic rings. The number of hydrogen-bond donors (Lipinski definition) is 0. The van der Waals surface area contributed by atoms with Gasteiger partial charge in [-0.1, -0.05) is 200 Å². The molecule has 1 heterocycles. The van der Waals surface area contributed by atoms with Crippen molar-refractivity contribution in [3.05, 3.63) is 224 Å². The fraction of sp³-hybridized carbons (Fsp3) is 0. The summed E-state index contributed by atoms with van der Waals surface area (Å²) in [5.41, 5.74) is 16.9. The predicted molar refractivity (Wildman–Crippen MR) is 234 cm³/mol. The van der Waals surface area contributed by atoms with E-state index in [2.05, 4.69) is 229 Å². The quantitative estimate of drug-likeness (QED) is 0.163. The minimum atomic E-state index is 0.806. The molecule has 0 amide bonds. The fourth-order valence-corrected chi connectivity index (χ4v) is 7.87. The van der Waals surface area contributed by atoms with Gasteiger partial charge >= 0.3 is 0 Å². The average Bonchev–Trinajstić information content (AvgIpc) is 3.29. The third-order valence-electron chi connectivity index (χ3n) is 10.7. The van der Waals surface area contributed by atoms with Crippen molar-refractivity contribution < 1.29 is 4.74 Å². The Kier molecular flexibility index (Phi) is 8.55. The lowest BCUT2D eigenvalue weighted by Gasteiger charge is -2.36. The molecule has 0 spiro atoms. The number of nitrogens with zero attached hydrogens (tertiary/aromatic N) is 1. The number of fused-ring (bicyclic) bond motifs is 2. The second kappa shape index (κ2) is 14.4. The molecule has 264 valence electrons. The Labute approximate surface area is 328 Å². The molecule has 1 aliphatic heterocycles. The standard InChI is InChI=1S/C54H37NO/c1-5-14-38(15-6-1)40-24-28-42(29-25-40)46-32-34-50-52(36-46)56-53-37-47(43-30-26-41(27-31-43)39-16-7-2-8-17-39)33-35-51(53)55(50)54-48(44-18-9-3-10-19-44)22-13-23-49(54)45-20-11-4-12-21-45/h1-37H. The van der Waals surface area contributed by atoms with Crippen LogP contribution in [0.4, 0.5) is 17.1 Å². The molecule has 0 radical (unpaired) electrons. The lowest BCUT2D eigenvalue weighted by atomic mass is 9.93. The van der Waals surface area contributed by atoms with Crippen LogP contribution in [0.15, 0.2) is 224 Å². The van der Waals surface area contributed by atoms with Crippen LogP contribution in [-0.4, -0.2) is 0 Å². The molecule has 0 unspecified atom stereocenters. The van der Waals surface area contributed by atoms with Crippen LogP contribution in [0.2, 0.25) is 0 Å². The van der Waals surface area contributed by atoms with Crippen molar-refractivity contribution in [2.75, 3.05) is 4.90 Å². The molecule has 0 saturated heterocycles. The summed E-state index contributed by atoms with van der Waals surface area (Å²) in [5, 5.41) is 0. The normalized spacial score (nSPS) is 11.7. The van der Waals surface area contributed by atoms with Crippen molar-refractivity contribution in [2.45, 2.75) is 0 Å². The molecule has 2 heteroatoms. The molecular formula is C54H37NO. The number of para-hydroxylation sites is 1. The zero-order valence-electron chi connectivity index (χ0n) is 30.7. The molecule has 9 aromatic carbocycles. The molecule has 0 saturated carbocycles. The number of rotatable bonds is 7. The summed E-state index contributed by atoms with van der Waals surface area (Å²) < 4.78 is 6.99. The van der Waals surface area contributed by atoms with Crippen LogP contribution in [0.25, 0.3) is 66.8 Å². The number of anilines is 3. The van der Waals surface area contributed by atoms with E-state index in [4.69, 9.17) is 4.74 Å². The Morgan fingerprint density at radius 1 is 0.250 bits per heavy atom. The summed E-state index contributed by atoms with van der Waals surface area (Å²) in [4.78, 5) is 2.41. The minimum absolute atomic E-state index is 0.806. The molecule has 0 aromatic heterocycles. The second-order valence-electron chi connectivity index (χ2n) is 14.1. The first-order valence-corrected chi connectivity index (χ1v) is 19.1. The van der Waals surface area contributed by atoms with E-state index in [1.165, 1.54) is 22.3 Å². The lowest BCUT2D eigenvalue weighted by molar-refractivity contribution is 0.477. The van der Waals surface area contributed by atoms with Gasteiger partial charge in [-0.15, -0.1) is 0 Å². The maximum Gasteiger partial charge on any atom is 0.152 e. The van der Waals surface area contributed by atoms with Crippen LogP contribution >= 0.6 is 0 Å². The SMILES string of the molecule is c1ccc(-c2ccc(-c3ccc4c(c3)Oc3cc(-c5ccc(-c6ccccc6)cc5)ccc3N4c3c(-c4ccccc4)cccc3-c3ccccc3)cc2)cc1. The monoisotopic (exact) mass is 715 g/mol. The first-order chi connectivity index (χ1) is 27.8. The highest BCUT2D eigenvalue weighted by Crippen LogP contribution is 2.56. The van der Waals surface area contributed by atoms with Gasteiger partial charge in [0.2, 0.25) is 0 Å². The third-order valence-corrected chi connectivity index (χ3v) is 10.7. The summed E-state index contributed by atoms with van der Waals surface area (Å²) >= 11 is 0.